The van der Waals surface area contributed by atoms with Crippen molar-refractivity contribution in [2.24, 2.45) is 0 Å². The highest BCUT2D eigenvalue weighted by Crippen LogP contribution is 2.17. The first kappa shape index (κ1) is 11.9. The van der Waals surface area contributed by atoms with Gasteiger partial charge < -0.3 is 15.1 Å². The van der Waals surface area contributed by atoms with Gasteiger partial charge in [-0.3, -0.25) is 0 Å². The highest BCUT2D eigenvalue weighted by Gasteiger charge is 2.00. The summed E-state index contributed by atoms with van der Waals surface area (Å²) < 4.78 is 0. The van der Waals surface area contributed by atoms with E-state index in [9.17, 15) is 9.59 Å². The van der Waals surface area contributed by atoms with E-state index in [1.165, 1.54) is 6.08 Å². The van der Waals surface area contributed by atoms with Crippen LogP contribution < -0.4 is 5.69 Å². The molecule has 0 aliphatic heterocycles. The molecule has 1 aromatic carbocycles. The van der Waals surface area contributed by atoms with Crippen LogP contribution >= 0.6 is 0 Å². The molecule has 2 rings (SSSR count). The minimum atomic E-state index is -0.982. The van der Waals surface area contributed by atoms with Crippen molar-refractivity contribution in [1.29, 1.82) is 0 Å². The molecule has 0 spiro atoms. The molecular weight excluding hydrogens is 232 g/mol. The largest absolute Gasteiger partial charge is 0.478 e. The maximum Gasteiger partial charge on any atom is 0.328 e. The third-order valence-corrected chi connectivity index (χ3v) is 2.56. The Labute approximate surface area is 102 Å². The number of carboxylic acids is 1. The molecular formula is C13H12N2O3. The molecule has 0 saturated carbocycles. The molecule has 0 bridgehead atoms. The van der Waals surface area contributed by atoms with Crippen molar-refractivity contribution < 1.29 is 9.90 Å². The monoisotopic (exact) mass is 244 g/mol. The summed E-state index contributed by atoms with van der Waals surface area (Å²) in [5.74, 6) is -0.982. The second kappa shape index (κ2) is 4.75. The number of hydrogen-bond donors (Lipinski definition) is 3. The van der Waals surface area contributed by atoms with Gasteiger partial charge in [0.2, 0.25) is 0 Å². The van der Waals surface area contributed by atoms with E-state index in [-0.39, 0.29) is 5.69 Å². The van der Waals surface area contributed by atoms with E-state index in [4.69, 9.17) is 5.11 Å². The summed E-state index contributed by atoms with van der Waals surface area (Å²) >= 11 is 0. The summed E-state index contributed by atoms with van der Waals surface area (Å²) in [7, 11) is 0. The van der Waals surface area contributed by atoms with Crippen LogP contribution in [0.25, 0.3) is 16.6 Å². The van der Waals surface area contributed by atoms with Gasteiger partial charge in [0.1, 0.15) is 0 Å². The van der Waals surface area contributed by atoms with Crippen molar-refractivity contribution in [1.82, 2.24) is 9.97 Å². The van der Waals surface area contributed by atoms with Crippen LogP contribution in [0.5, 0.6) is 0 Å². The molecule has 1 heterocycles. The van der Waals surface area contributed by atoms with Gasteiger partial charge in [-0.2, -0.15) is 0 Å². The highest BCUT2D eigenvalue weighted by molar-refractivity contribution is 5.82. The molecule has 5 heteroatoms. The van der Waals surface area contributed by atoms with Crippen LogP contribution in [0.1, 0.15) is 12.5 Å². The maximum absolute atomic E-state index is 11.1. The molecule has 5 nitrogen and oxygen atoms in total. The van der Waals surface area contributed by atoms with Gasteiger partial charge in [0, 0.05) is 6.08 Å². The average Bonchev–Trinajstić information content (AvgIpc) is 2.67. The first-order valence-corrected chi connectivity index (χ1v) is 5.36. The summed E-state index contributed by atoms with van der Waals surface area (Å²) in [5.41, 5.74) is 3.07. The zero-order valence-corrected chi connectivity index (χ0v) is 9.73. The lowest BCUT2D eigenvalue weighted by Crippen LogP contribution is -1.99. The fraction of sp³-hybridized carbons (Fsp3) is 0.0769. The molecule has 0 unspecified atom stereocenters. The lowest BCUT2D eigenvalue weighted by Gasteiger charge is -2.00. The van der Waals surface area contributed by atoms with E-state index in [0.717, 1.165) is 28.2 Å². The number of hydrogen-bond acceptors (Lipinski definition) is 2. The SMILES string of the molecule is C/C(=C\C=C\C(=O)O)c1ccc2[nH]c(=O)[nH]c2c1. The van der Waals surface area contributed by atoms with Gasteiger partial charge in [0.25, 0.3) is 0 Å². The summed E-state index contributed by atoms with van der Waals surface area (Å²) in [6, 6.07) is 5.51. The first-order chi connectivity index (χ1) is 8.56. The lowest BCUT2D eigenvalue weighted by atomic mass is 10.1. The molecule has 0 atom stereocenters. The number of aromatic amines is 2. The van der Waals surface area contributed by atoms with Crippen molar-refractivity contribution in [3.8, 4) is 0 Å². The molecule has 0 amide bonds. The van der Waals surface area contributed by atoms with Gasteiger partial charge in [0.05, 0.1) is 11.0 Å². The number of carboxylic acid groups (broad SMARTS) is 1. The summed E-state index contributed by atoms with van der Waals surface area (Å²) in [5, 5.41) is 8.48. The van der Waals surface area contributed by atoms with Gasteiger partial charge in [0.15, 0.2) is 0 Å². The van der Waals surface area contributed by atoms with E-state index < -0.39 is 5.97 Å². The number of fused-ring (bicyclic) bond motifs is 1. The molecule has 1 aromatic heterocycles. The summed E-state index contributed by atoms with van der Waals surface area (Å²) in [4.78, 5) is 26.8. The predicted molar refractivity (Wildman–Crippen MR) is 69.3 cm³/mol. The Morgan fingerprint density at radius 2 is 2.00 bits per heavy atom. The predicted octanol–water partition coefficient (Wildman–Crippen LogP) is 1.90. The summed E-state index contributed by atoms with van der Waals surface area (Å²) in [6.45, 7) is 1.87. The van der Waals surface area contributed by atoms with Crippen LogP contribution in [0.15, 0.2) is 41.2 Å². The van der Waals surface area contributed by atoms with Crippen molar-refractivity contribution in [3.63, 3.8) is 0 Å². The number of H-pyrrole nitrogens is 2. The number of allylic oxidation sites excluding steroid dienone is 3. The fourth-order valence-corrected chi connectivity index (χ4v) is 1.65. The quantitative estimate of drug-likeness (QED) is 0.569. The molecule has 18 heavy (non-hydrogen) atoms. The zero-order chi connectivity index (χ0) is 13.1. The Kier molecular flexibility index (Phi) is 3.14. The number of benzene rings is 1. The van der Waals surface area contributed by atoms with Gasteiger partial charge in [-0.05, 0) is 30.2 Å². The highest BCUT2D eigenvalue weighted by atomic mass is 16.4. The Bertz CT molecular complexity index is 704. The molecule has 0 aliphatic rings. The fourth-order valence-electron chi connectivity index (χ4n) is 1.65. The Morgan fingerprint density at radius 3 is 2.72 bits per heavy atom. The van der Waals surface area contributed by atoms with Crippen LogP contribution in [0.4, 0.5) is 0 Å². The lowest BCUT2D eigenvalue weighted by molar-refractivity contribution is -0.131. The molecule has 0 fully saturated rings. The van der Waals surface area contributed by atoms with E-state index >= 15 is 0 Å². The van der Waals surface area contributed by atoms with E-state index in [2.05, 4.69) is 9.97 Å². The van der Waals surface area contributed by atoms with Crippen molar-refractivity contribution in [2.45, 2.75) is 6.92 Å². The number of carbonyl (C=O) groups is 1. The van der Waals surface area contributed by atoms with Gasteiger partial charge in [-0.1, -0.05) is 18.2 Å². The van der Waals surface area contributed by atoms with Crippen LogP contribution in [0.3, 0.4) is 0 Å². The third-order valence-electron chi connectivity index (χ3n) is 2.56. The number of nitrogens with one attached hydrogen (secondary N) is 2. The normalized spacial score (nSPS) is 12.4. The van der Waals surface area contributed by atoms with Crippen LogP contribution in [0.2, 0.25) is 0 Å². The molecule has 0 aliphatic carbocycles. The molecule has 0 radical (unpaired) electrons. The van der Waals surface area contributed by atoms with E-state index in [1.54, 1.807) is 12.1 Å². The number of imidazole rings is 1. The first-order valence-electron chi connectivity index (χ1n) is 5.36. The standard InChI is InChI=1S/C13H12N2O3/c1-8(3-2-4-12(16)17)9-5-6-10-11(7-9)15-13(18)14-10/h2-7H,1H3,(H,16,17)(H2,14,15,18)/b4-2+,8-3+. The average molecular weight is 244 g/mol. The van der Waals surface area contributed by atoms with Gasteiger partial charge in [-0.25, -0.2) is 9.59 Å². The molecule has 3 N–H and O–H groups in total. The van der Waals surface area contributed by atoms with Crippen molar-refractivity contribution in [3.05, 3.63) is 52.5 Å². The van der Waals surface area contributed by atoms with E-state index in [0.29, 0.717) is 0 Å². The molecule has 92 valence electrons. The van der Waals surface area contributed by atoms with Crippen LogP contribution in [-0.2, 0) is 4.79 Å². The number of aliphatic carboxylic acids is 1. The maximum atomic E-state index is 11.1. The van der Waals surface area contributed by atoms with Crippen molar-refractivity contribution in [2.75, 3.05) is 0 Å². The van der Waals surface area contributed by atoms with E-state index in [1.807, 2.05) is 19.1 Å². The summed E-state index contributed by atoms with van der Waals surface area (Å²) in [6.07, 6.45) is 4.25. The van der Waals surface area contributed by atoms with Crippen LogP contribution in [0, 0.1) is 0 Å². The third kappa shape index (κ3) is 2.57. The van der Waals surface area contributed by atoms with Gasteiger partial charge in [-0.15, -0.1) is 0 Å². The molecule has 0 saturated heterocycles. The minimum absolute atomic E-state index is 0.241. The van der Waals surface area contributed by atoms with Crippen LogP contribution in [-0.4, -0.2) is 21.0 Å². The van der Waals surface area contributed by atoms with Gasteiger partial charge >= 0.3 is 11.7 Å². The Hall–Kier alpha value is -2.56. The number of rotatable bonds is 3. The zero-order valence-electron chi connectivity index (χ0n) is 9.73. The second-order valence-electron chi connectivity index (χ2n) is 3.89. The second-order valence-corrected chi connectivity index (χ2v) is 3.89. The Balaban J connectivity index is 2.35. The minimum Gasteiger partial charge on any atom is -0.478 e. The van der Waals surface area contributed by atoms with Crippen molar-refractivity contribution >= 4 is 22.6 Å². The topological polar surface area (TPSA) is 85.9 Å². The number of aromatic nitrogens is 2. The molecule has 2 aromatic rings. The Morgan fingerprint density at radius 1 is 1.28 bits per heavy atom. The smallest absolute Gasteiger partial charge is 0.328 e.